The van der Waals surface area contributed by atoms with Crippen molar-refractivity contribution in [1.82, 2.24) is 9.55 Å². The van der Waals surface area contributed by atoms with Crippen LogP contribution in [0.2, 0.25) is 10.0 Å². The molecule has 154 valence electrons. The van der Waals surface area contributed by atoms with E-state index in [2.05, 4.69) is 25.9 Å². The van der Waals surface area contributed by atoms with Crippen LogP contribution in [-0.4, -0.2) is 22.4 Å². The van der Waals surface area contributed by atoms with Gasteiger partial charge in [-0.3, -0.25) is 9.79 Å². The van der Waals surface area contributed by atoms with E-state index in [9.17, 15) is 14.0 Å². The zero-order chi connectivity index (χ0) is 21.4. The number of nitrogens with one attached hydrogen (secondary N) is 1. The topological polar surface area (TPSA) is 76.5 Å². The SMILES string of the molecule is O=c1[nH]c2ccc(Br)c(Cl)c2c(=O)n1-c1cc(OCC2=C(F)CCC=N2)ccc1Cl. The second-order valence-electron chi connectivity index (χ2n) is 6.46. The van der Waals surface area contributed by atoms with Gasteiger partial charge in [-0.15, -0.1) is 0 Å². The van der Waals surface area contributed by atoms with Crippen molar-refractivity contribution in [3.8, 4) is 11.4 Å². The Hall–Kier alpha value is -2.42. The number of fused-ring (bicyclic) bond motifs is 1. The second kappa shape index (κ2) is 8.37. The number of aromatic amines is 1. The molecule has 2 aromatic carbocycles. The molecule has 0 atom stereocenters. The van der Waals surface area contributed by atoms with E-state index in [1.54, 1.807) is 24.4 Å². The highest BCUT2D eigenvalue weighted by Gasteiger charge is 2.17. The number of aliphatic imine (C=N–C) groups is 1. The summed E-state index contributed by atoms with van der Waals surface area (Å²) >= 11 is 15.8. The van der Waals surface area contributed by atoms with Crippen molar-refractivity contribution in [2.75, 3.05) is 6.61 Å². The molecule has 0 amide bonds. The summed E-state index contributed by atoms with van der Waals surface area (Å²) in [4.78, 5) is 32.4. The molecule has 0 bridgehead atoms. The van der Waals surface area contributed by atoms with Crippen LogP contribution >= 0.6 is 39.1 Å². The number of halogens is 4. The van der Waals surface area contributed by atoms with Crippen LogP contribution in [0.1, 0.15) is 12.8 Å². The van der Waals surface area contributed by atoms with E-state index in [0.29, 0.717) is 22.2 Å². The lowest BCUT2D eigenvalue weighted by Crippen LogP contribution is -2.34. The molecular weight excluding hydrogens is 500 g/mol. The quantitative estimate of drug-likeness (QED) is 0.523. The van der Waals surface area contributed by atoms with Crippen molar-refractivity contribution in [3.63, 3.8) is 0 Å². The molecule has 30 heavy (non-hydrogen) atoms. The lowest BCUT2D eigenvalue weighted by atomic mass is 10.2. The molecule has 1 aliphatic rings. The number of aromatic nitrogens is 2. The van der Waals surface area contributed by atoms with Crippen LogP contribution in [-0.2, 0) is 0 Å². The van der Waals surface area contributed by atoms with Gasteiger partial charge < -0.3 is 9.72 Å². The Morgan fingerprint density at radius 3 is 2.80 bits per heavy atom. The summed E-state index contributed by atoms with van der Waals surface area (Å²) in [5.41, 5.74) is -0.703. The minimum absolute atomic E-state index is 0.0921. The number of hydrogen-bond donors (Lipinski definition) is 1. The summed E-state index contributed by atoms with van der Waals surface area (Å²) in [6.45, 7) is -0.0921. The maximum absolute atomic E-state index is 13.8. The molecule has 0 saturated carbocycles. The largest absolute Gasteiger partial charge is 0.487 e. The third kappa shape index (κ3) is 3.82. The second-order valence-corrected chi connectivity index (χ2v) is 8.10. The van der Waals surface area contributed by atoms with Gasteiger partial charge in [0.2, 0.25) is 0 Å². The van der Waals surface area contributed by atoms with E-state index in [1.165, 1.54) is 12.1 Å². The van der Waals surface area contributed by atoms with Crippen molar-refractivity contribution in [2.24, 2.45) is 4.99 Å². The van der Waals surface area contributed by atoms with E-state index in [4.69, 9.17) is 27.9 Å². The first-order valence-electron chi connectivity index (χ1n) is 8.82. The third-order valence-corrected chi connectivity index (χ3v) is 6.15. The van der Waals surface area contributed by atoms with Gasteiger partial charge in [-0.25, -0.2) is 13.8 Å². The fourth-order valence-electron chi connectivity index (χ4n) is 3.06. The Morgan fingerprint density at radius 2 is 2.03 bits per heavy atom. The molecule has 3 aromatic rings. The lowest BCUT2D eigenvalue weighted by Gasteiger charge is -2.13. The Bertz CT molecular complexity index is 1350. The summed E-state index contributed by atoms with van der Waals surface area (Å²) in [7, 11) is 0. The molecule has 10 heteroatoms. The molecule has 0 spiro atoms. The van der Waals surface area contributed by atoms with Crippen molar-refractivity contribution >= 4 is 56.2 Å². The monoisotopic (exact) mass is 511 g/mol. The first-order chi connectivity index (χ1) is 14.4. The Morgan fingerprint density at radius 1 is 1.23 bits per heavy atom. The Balaban J connectivity index is 1.79. The summed E-state index contributed by atoms with van der Waals surface area (Å²) in [5.74, 6) is -0.0312. The van der Waals surface area contributed by atoms with E-state index < -0.39 is 11.2 Å². The Kier molecular flexibility index (Phi) is 5.81. The highest BCUT2D eigenvalue weighted by Crippen LogP contribution is 2.29. The first-order valence-corrected chi connectivity index (χ1v) is 10.4. The maximum atomic E-state index is 13.8. The van der Waals surface area contributed by atoms with Crippen molar-refractivity contribution in [3.05, 3.63) is 77.2 Å². The molecular formula is C20H13BrCl2FN3O3. The smallest absolute Gasteiger partial charge is 0.333 e. The fraction of sp³-hybridized carbons (Fsp3) is 0.150. The number of rotatable bonds is 4. The highest BCUT2D eigenvalue weighted by atomic mass is 79.9. The van der Waals surface area contributed by atoms with E-state index in [1.807, 2.05) is 0 Å². The average molecular weight is 513 g/mol. The number of H-pyrrole nitrogens is 1. The maximum Gasteiger partial charge on any atom is 0.333 e. The van der Waals surface area contributed by atoms with Crippen LogP contribution in [0.3, 0.4) is 0 Å². The summed E-state index contributed by atoms with van der Waals surface area (Å²) < 4.78 is 20.8. The molecule has 0 aliphatic carbocycles. The van der Waals surface area contributed by atoms with Crippen LogP contribution in [0.25, 0.3) is 16.6 Å². The molecule has 0 radical (unpaired) electrons. The average Bonchev–Trinajstić information content (AvgIpc) is 2.72. The minimum Gasteiger partial charge on any atom is -0.487 e. The summed E-state index contributed by atoms with van der Waals surface area (Å²) in [6.07, 6.45) is 2.46. The highest BCUT2D eigenvalue weighted by molar-refractivity contribution is 9.10. The van der Waals surface area contributed by atoms with Gasteiger partial charge >= 0.3 is 5.69 Å². The van der Waals surface area contributed by atoms with Crippen molar-refractivity contribution in [2.45, 2.75) is 12.8 Å². The molecule has 6 nitrogen and oxygen atoms in total. The molecule has 1 aliphatic heterocycles. The van der Waals surface area contributed by atoms with Gasteiger partial charge in [0.05, 0.1) is 26.6 Å². The van der Waals surface area contributed by atoms with E-state index in [0.717, 1.165) is 4.57 Å². The molecule has 1 aromatic heterocycles. The van der Waals surface area contributed by atoms with Crippen molar-refractivity contribution < 1.29 is 9.13 Å². The van der Waals surface area contributed by atoms with Gasteiger partial charge in [0, 0.05) is 23.2 Å². The van der Waals surface area contributed by atoms with E-state index >= 15 is 0 Å². The van der Waals surface area contributed by atoms with Gasteiger partial charge in [-0.1, -0.05) is 23.2 Å². The minimum atomic E-state index is -0.685. The zero-order valence-corrected chi connectivity index (χ0v) is 18.3. The van der Waals surface area contributed by atoms with Crippen LogP contribution < -0.4 is 16.0 Å². The number of benzene rings is 2. The normalized spacial score (nSPS) is 13.9. The van der Waals surface area contributed by atoms with E-state index in [-0.39, 0.29) is 45.7 Å². The number of allylic oxidation sites excluding steroid dienone is 1. The predicted octanol–water partition coefficient (Wildman–Crippen LogP) is 5.17. The number of nitrogens with zero attached hydrogens (tertiary/aromatic N) is 2. The number of ether oxygens (including phenoxy) is 1. The Labute approximate surface area is 187 Å². The number of hydrogen-bond acceptors (Lipinski definition) is 4. The van der Waals surface area contributed by atoms with Gasteiger partial charge in [-0.2, -0.15) is 0 Å². The summed E-state index contributed by atoms with van der Waals surface area (Å²) in [5, 5.41) is 0.460. The lowest BCUT2D eigenvalue weighted by molar-refractivity contribution is 0.343. The molecule has 2 heterocycles. The molecule has 1 N–H and O–H groups in total. The van der Waals surface area contributed by atoms with Crippen LogP contribution in [0.15, 0.2) is 60.9 Å². The van der Waals surface area contributed by atoms with Crippen LogP contribution in [0.4, 0.5) is 4.39 Å². The van der Waals surface area contributed by atoms with Gasteiger partial charge in [-0.05, 0) is 46.6 Å². The van der Waals surface area contributed by atoms with Gasteiger partial charge in [0.25, 0.3) is 5.56 Å². The van der Waals surface area contributed by atoms with Crippen molar-refractivity contribution in [1.29, 1.82) is 0 Å². The summed E-state index contributed by atoms with van der Waals surface area (Å²) in [6, 6.07) is 7.68. The first kappa shape index (κ1) is 20.8. The standard InChI is InChI=1S/C20H13BrCl2FN3O3/c21-11-4-6-14-17(18(11)23)19(28)27(20(29)26-14)16-8-10(3-5-12(16)22)30-9-15-13(24)2-1-7-25-15/h3-8H,1-2,9H2,(H,26,29). The van der Waals surface area contributed by atoms with Gasteiger partial charge in [0.1, 0.15) is 23.9 Å². The predicted molar refractivity (Wildman–Crippen MR) is 119 cm³/mol. The van der Waals surface area contributed by atoms with Crippen LogP contribution in [0, 0.1) is 0 Å². The molecule has 0 saturated heterocycles. The van der Waals surface area contributed by atoms with Crippen LogP contribution in [0.5, 0.6) is 5.75 Å². The molecule has 0 fully saturated rings. The zero-order valence-electron chi connectivity index (χ0n) is 15.2. The van der Waals surface area contributed by atoms with Gasteiger partial charge in [0.15, 0.2) is 0 Å². The molecule has 0 unspecified atom stereocenters. The third-order valence-electron chi connectivity index (χ3n) is 4.54. The fourth-order valence-corrected chi connectivity index (χ4v) is 3.84. The molecule has 4 rings (SSSR count).